The van der Waals surface area contributed by atoms with Gasteiger partial charge in [0.25, 0.3) is 0 Å². The number of nitrogens with one attached hydrogen (secondary N) is 1. The zero-order valence-electron chi connectivity index (χ0n) is 13.1. The van der Waals surface area contributed by atoms with E-state index in [1.165, 1.54) is 14.2 Å². The second-order valence-electron chi connectivity index (χ2n) is 6.05. The van der Waals surface area contributed by atoms with Crippen molar-refractivity contribution in [3.63, 3.8) is 0 Å². The predicted octanol–water partition coefficient (Wildman–Crippen LogP) is 1.40. The summed E-state index contributed by atoms with van der Waals surface area (Å²) in [4.78, 5) is 36.1. The van der Waals surface area contributed by atoms with E-state index in [9.17, 15) is 14.4 Å². The Hall–Kier alpha value is -1.79. The number of carbonyl (C=O) groups is 3. The van der Waals surface area contributed by atoms with Crippen molar-refractivity contribution in [3.05, 3.63) is 0 Å². The molecule has 0 saturated heterocycles. The third-order valence-corrected chi connectivity index (χ3v) is 3.45. The van der Waals surface area contributed by atoms with Gasteiger partial charge in [0, 0.05) is 0 Å². The number of esters is 2. The van der Waals surface area contributed by atoms with Crippen LogP contribution in [0.25, 0.3) is 0 Å². The van der Waals surface area contributed by atoms with Crippen molar-refractivity contribution in [3.8, 4) is 0 Å². The molecule has 0 aliphatic heterocycles. The maximum absolute atomic E-state index is 12.1. The van der Waals surface area contributed by atoms with Crippen molar-refractivity contribution in [2.24, 2.45) is 5.41 Å². The summed E-state index contributed by atoms with van der Waals surface area (Å²) in [5, 5.41) is 2.59. The van der Waals surface area contributed by atoms with E-state index in [2.05, 4.69) is 5.32 Å². The van der Waals surface area contributed by atoms with Gasteiger partial charge in [-0.1, -0.05) is 0 Å². The Kier molecular flexibility index (Phi) is 5.20. The van der Waals surface area contributed by atoms with E-state index in [1.54, 1.807) is 20.8 Å². The molecule has 0 heterocycles. The summed E-state index contributed by atoms with van der Waals surface area (Å²) in [5.41, 5.74) is -2.16. The SMILES string of the molecule is COC(=O)C1(C(=O)OC)CCCC1NC(=O)OC(C)(C)C. The van der Waals surface area contributed by atoms with Gasteiger partial charge in [0.15, 0.2) is 5.41 Å². The Morgan fingerprint density at radius 1 is 1.10 bits per heavy atom. The molecule has 120 valence electrons. The van der Waals surface area contributed by atoms with Crippen LogP contribution in [0.4, 0.5) is 4.79 Å². The van der Waals surface area contributed by atoms with Crippen LogP contribution in [0, 0.1) is 5.41 Å². The quantitative estimate of drug-likeness (QED) is 0.481. The fourth-order valence-electron chi connectivity index (χ4n) is 2.59. The van der Waals surface area contributed by atoms with Gasteiger partial charge in [-0.05, 0) is 40.0 Å². The van der Waals surface area contributed by atoms with Crippen LogP contribution in [0.5, 0.6) is 0 Å². The van der Waals surface area contributed by atoms with E-state index in [4.69, 9.17) is 14.2 Å². The van der Waals surface area contributed by atoms with Crippen LogP contribution in [-0.4, -0.2) is 43.9 Å². The Labute approximate surface area is 124 Å². The minimum atomic E-state index is -1.50. The van der Waals surface area contributed by atoms with Gasteiger partial charge < -0.3 is 19.5 Å². The van der Waals surface area contributed by atoms with Crippen molar-refractivity contribution in [2.75, 3.05) is 14.2 Å². The summed E-state index contributed by atoms with van der Waals surface area (Å²) in [5.74, 6) is -1.40. The number of methoxy groups -OCH3 is 2. The molecule has 7 heteroatoms. The zero-order chi connectivity index (χ0) is 16.3. The lowest BCUT2D eigenvalue weighted by Gasteiger charge is -2.31. The molecule has 1 rings (SSSR count). The zero-order valence-corrected chi connectivity index (χ0v) is 13.1. The molecular formula is C14H23NO6. The van der Waals surface area contributed by atoms with Crippen molar-refractivity contribution in [2.45, 2.75) is 51.7 Å². The average molecular weight is 301 g/mol. The molecule has 1 amide bonds. The number of carbonyl (C=O) groups excluding carboxylic acids is 3. The van der Waals surface area contributed by atoms with Crippen LogP contribution in [0.15, 0.2) is 0 Å². The summed E-state index contributed by atoms with van der Waals surface area (Å²) < 4.78 is 14.6. The molecule has 1 aliphatic carbocycles. The highest BCUT2D eigenvalue weighted by atomic mass is 16.6. The Morgan fingerprint density at radius 2 is 1.62 bits per heavy atom. The first kappa shape index (κ1) is 17.3. The Morgan fingerprint density at radius 3 is 2.05 bits per heavy atom. The normalized spacial score (nSPS) is 20.5. The molecule has 21 heavy (non-hydrogen) atoms. The van der Waals surface area contributed by atoms with E-state index in [0.29, 0.717) is 12.8 Å². The van der Waals surface area contributed by atoms with Gasteiger partial charge in [-0.25, -0.2) is 4.79 Å². The fraction of sp³-hybridized carbons (Fsp3) is 0.786. The molecule has 1 N–H and O–H groups in total. The van der Waals surface area contributed by atoms with Crippen LogP contribution in [-0.2, 0) is 23.8 Å². The number of hydrogen-bond acceptors (Lipinski definition) is 6. The average Bonchev–Trinajstić information content (AvgIpc) is 2.79. The van der Waals surface area contributed by atoms with Gasteiger partial charge in [0.05, 0.1) is 20.3 Å². The number of rotatable bonds is 3. The third-order valence-electron chi connectivity index (χ3n) is 3.45. The summed E-state index contributed by atoms with van der Waals surface area (Å²) in [6.45, 7) is 5.19. The second kappa shape index (κ2) is 6.32. The molecule has 0 bridgehead atoms. The lowest BCUT2D eigenvalue weighted by atomic mass is 9.82. The van der Waals surface area contributed by atoms with Crippen LogP contribution < -0.4 is 5.32 Å². The standard InChI is InChI=1S/C14H23NO6/c1-13(2,3)21-12(18)15-9-7-6-8-14(9,10(16)19-4)11(17)20-5/h9H,6-8H2,1-5H3,(H,15,18). The van der Waals surface area contributed by atoms with Crippen molar-refractivity contribution in [1.82, 2.24) is 5.32 Å². The minimum Gasteiger partial charge on any atom is -0.468 e. The van der Waals surface area contributed by atoms with Crippen LogP contribution in [0.3, 0.4) is 0 Å². The van der Waals surface area contributed by atoms with Gasteiger partial charge in [-0.3, -0.25) is 9.59 Å². The Bertz CT molecular complexity index is 410. The lowest BCUT2D eigenvalue weighted by Crippen LogP contribution is -2.54. The smallest absolute Gasteiger partial charge is 0.407 e. The molecular weight excluding hydrogens is 278 g/mol. The maximum atomic E-state index is 12.1. The van der Waals surface area contributed by atoms with E-state index < -0.39 is 35.1 Å². The van der Waals surface area contributed by atoms with Crippen LogP contribution in [0.1, 0.15) is 40.0 Å². The molecule has 1 aliphatic rings. The maximum Gasteiger partial charge on any atom is 0.407 e. The van der Waals surface area contributed by atoms with Crippen molar-refractivity contribution < 1.29 is 28.6 Å². The van der Waals surface area contributed by atoms with Crippen molar-refractivity contribution in [1.29, 1.82) is 0 Å². The van der Waals surface area contributed by atoms with Gasteiger partial charge in [0.2, 0.25) is 0 Å². The predicted molar refractivity (Wildman–Crippen MR) is 73.5 cm³/mol. The molecule has 0 aromatic rings. The lowest BCUT2D eigenvalue weighted by molar-refractivity contribution is -0.170. The number of ether oxygens (including phenoxy) is 3. The molecule has 1 unspecified atom stereocenters. The first-order valence-electron chi connectivity index (χ1n) is 6.83. The molecule has 0 spiro atoms. The van der Waals surface area contributed by atoms with Gasteiger partial charge >= 0.3 is 18.0 Å². The number of amides is 1. The Balaban J connectivity index is 2.96. The van der Waals surface area contributed by atoms with E-state index >= 15 is 0 Å². The minimum absolute atomic E-state index is 0.271. The summed E-state index contributed by atoms with van der Waals surface area (Å²) in [6.07, 6.45) is 0.674. The van der Waals surface area contributed by atoms with Crippen molar-refractivity contribution >= 4 is 18.0 Å². The largest absolute Gasteiger partial charge is 0.468 e. The highest BCUT2D eigenvalue weighted by Gasteiger charge is 2.58. The topological polar surface area (TPSA) is 90.9 Å². The van der Waals surface area contributed by atoms with Gasteiger partial charge in [-0.2, -0.15) is 0 Å². The number of alkyl carbamates (subject to hydrolysis) is 1. The molecule has 0 aromatic heterocycles. The first-order chi connectivity index (χ1) is 9.67. The number of hydrogen-bond donors (Lipinski definition) is 1. The van der Waals surface area contributed by atoms with E-state index in [-0.39, 0.29) is 6.42 Å². The van der Waals surface area contributed by atoms with Gasteiger partial charge in [-0.15, -0.1) is 0 Å². The first-order valence-corrected chi connectivity index (χ1v) is 6.83. The summed E-state index contributed by atoms with van der Waals surface area (Å²) in [6, 6.07) is -0.702. The second-order valence-corrected chi connectivity index (χ2v) is 6.05. The highest BCUT2D eigenvalue weighted by Crippen LogP contribution is 2.40. The molecule has 1 atom stereocenters. The summed E-state index contributed by atoms with van der Waals surface area (Å²) >= 11 is 0. The fourth-order valence-corrected chi connectivity index (χ4v) is 2.59. The van der Waals surface area contributed by atoms with Crippen LogP contribution >= 0.6 is 0 Å². The molecule has 1 saturated carbocycles. The third kappa shape index (κ3) is 3.65. The summed E-state index contributed by atoms with van der Waals surface area (Å²) in [7, 11) is 2.41. The molecule has 0 aromatic carbocycles. The van der Waals surface area contributed by atoms with Crippen LogP contribution in [0.2, 0.25) is 0 Å². The van der Waals surface area contributed by atoms with E-state index in [1.807, 2.05) is 0 Å². The van der Waals surface area contributed by atoms with E-state index in [0.717, 1.165) is 0 Å². The molecule has 0 radical (unpaired) electrons. The molecule has 1 fully saturated rings. The van der Waals surface area contributed by atoms with Gasteiger partial charge in [0.1, 0.15) is 5.60 Å². The highest BCUT2D eigenvalue weighted by molar-refractivity contribution is 6.01. The monoisotopic (exact) mass is 301 g/mol. The molecule has 7 nitrogen and oxygen atoms in total.